The van der Waals surface area contributed by atoms with Gasteiger partial charge < -0.3 is 9.88 Å². The van der Waals surface area contributed by atoms with Gasteiger partial charge in [0.1, 0.15) is 23.2 Å². The van der Waals surface area contributed by atoms with Crippen molar-refractivity contribution in [3.05, 3.63) is 53.4 Å². The second-order valence-corrected chi connectivity index (χ2v) is 7.82. The van der Waals surface area contributed by atoms with Crippen LogP contribution in [-0.4, -0.2) is 38.3 Å². The highest BCUT2D eigenvalue weighted by molar-refractivity contribution is 7.82. The average molecular weight is 433 g/mol. The Morgan fingerprint density at radius 2 is 1.97 bits per heavy atom. The van der Waals surface area contributed by atoms with Crippen LogP contribution in [0, 0.1) is 11.6 Å². The Morgan fingerprint density at radius 1 is 1.24 bits per heavy atom. The number of amides is 1. The fraction of sp³-hybridized carbons (Fsp3) is 0.278. The number of carbonyl (C=O) groups is 1. The van der Waals surface area contributed by atoms with Gasteiger partial charge in [0.2, 0.25) is 0 Å². The van der Waals surface area contributed by atoms with Crippen molar-refractivity contribution in [2.75, 3.05) is 18.4 Å². The monoisotopic (exact) mass is 433 g/mol. The second-order valence-electron chi connectivity index (χ2n) is 6.37. The van der Waals surface area contributed by atoms with Crippen LogP contribution in [-0.2, 0) is 18.0 Å². The number of hydrogen-bond donors (Lipinski definition) is 1. The van der Waals surface area contributed by atoms with Crippen molar-refractivity contribution in [1.29, 1.82) is 0 Å². The van der Waals surface area contributed by atoms with E-state index in [4.69, 9.17) is 0 Å². The van der Waals surface area contributed by atoms with E-state index < -0.39 is 41.2 Å². The number of fused-ring (bicyclic) bond motifs is 1. The first-order valence-electron chi connectivity index (χ1n) is 8.42. The molecular weight excluding hydrogens is 417 g/mol. The first-order chi connectivity index (χ1) is 13.6. The fourth-order valence-electron chi connectivity index (χ4n) is 2.94. The molecule has 0 spiro atoms. The minimum Gasteiger partial charge on any atom is -0.345 e. The van der Waals surface area contributed by atoms with E-state index in [9.17, 15) is 31.0 Å². The first-order valence-corrected chi connectivity index (χ1v) is 9.53. The van der Waals surface area contributed by atoms with Crippen molar-refractivity contribution in [2.45, 2.75) is 17.5 Å². The van der Waals surface area contributed by atoms with Crippen molar-refractivity contribution < 1.29 is 31.0 Å². The van der Waals surface area contributed by atoms with Gasteiger partial charge in [-0.25, -0.2) is 17.3 Å². The van der Waals surface area contributed by atoms with E-state index in [0.29, 0.717) is 0 Å². The first kappa shape index (κ1) is 21.2. The quantitative estimate of drug-likeness (QED) is 0.748. The van der Waals surface area contributed by atoms with E-state index >= 15 is 0 Å². The molecule has 1 unspecified atom stereocenters. The lowest BCUT2D eigenvalue weighted by Gasteiger charge is -2.23. The SMILES string of the molecule is Cn1cc2c(c1C(=O)Nc1ccc(F)c(F)c1)/C=C\CCN(CC(F)(F)F)S2=O. The van der Waals surface area contributed by atoms with Gasteiger partial charge in [-0.3, -0.25) is 4.79 Å². The molecule has 2 aromatic rings. The summed E-state index contributed by atoms with van der Waals surface area (Å²) in [6, 6.07) is 2.82. The number of aromatic nitrogens is 1. The second kappa shape index (κ2) is 8.07. The van der Waals surface area contributed by atoms with Crippen LogP contribution in [0.3, 0.4) is 0 Å². The van der Waals surface area contributed by atoms with E-state index in [0.717, 1.165) is 16.4 Å². The van der Waals surface area contributed by atoms with Crippen LogP contribution in [0.5, 0.6) is 0 Å². The summed E-state index contributed by atoms with van der Waals surface area (Å²) in [5.41, 5.74) is 0.236. The fourth-order valence-corrected chi connectivity index (χ4v) is 4.36. The number of anilines is 1. The van der Waals surface area contributed by atoms with Gasteiger partial charge in [-0.2, -0.15) is 13.2 Å². The van der Waals surface area contributed by atoms with Gasteiger partial charge in [0, 0.05) is 37.1 Å². The average Bonchev–Trinajstić information content (AvgIpc) is 2.94. The third-order valence-electron chi connectivity index (χ3n) is 4.18. The molecule has 5 nitrogen and oxygen atoms in total. The summed E-state index contributed by atoms with van der Waals surface area (Å²) >= 11 is 0. The molecule has 1 aliphatic rings. The van der Waals surface area contributed by atoms with E-state index in [2.05, 4.69) is 5.32 Å². The van der Waals surface area contributed by atoms with Gasteiger partial charge >= 0.3 is 6.18 Å². The lowest BCUT2D eigenvalue weighted by atomic mass is 10.2. The normalized spacial score (nSPS) is 18.6. The number of aryl methyl sites for hydroxylation is 1. The molecule has 0 fully saturated rings. The molecule has 11 heteroatoms. The third-order valence-corrected chi connectivity index (χ3v) is 5.67. The number of halogens is 5. The minimum atomic E-state index is -4.53. The molecule has 1 aromatic heterocycles. The lowest BCUT2D eigenvalue weighted by Crippen LogP contribution is -2.36. The van der Waals surface area contributed by atoms with Gasteiger partial charge in [-0.1, -0.05) is 12.2 Å². The number of rotatable bonds is 3. The Balaban J connectivity index is 1.95. The van der Waals surface area contributed by atoms with Crippen LogP contribution in [0.4, 0.5) is 27.6 Å². The Kier molecular flexibility index (Phi) is 5.90. The zero-order valence-corrected chi connectivity index (χ0v) is 15.9. The van der Waals surface area contributed by atoms with E-state index in [1.54, 1.807) is 6.08 Å². The molecule has 2 heterocycles. The van der Waals surface area contributed by atoms with Gasteiger partial charge in [-0.05, 0) is 18.6 Å². The molecule has 0 aliphatic carbocycles. The zero-order valence-electron chi connectivity index (χ0n) is 15.1. The number of carbonyl (C=O) groups excluding carboxylic acids is 1. The topological polar surface area (TPSA) is 54.3 Å². The Labute approximate surface area is 165 Å². The number of nitrogens with zero attached hydrogens (tertiary/aromatic N) is 2. The maximum absolute atomic E-state index is 13.4. The van der Waals surface area contributed by atoms with Crippen molar-refractivity contribution >= 4 is 28.7 Å². The highest BCUT2D eigenvalue weighted by Crippen LogP contribution is 2.29. The van der Waals surface area contributed by atoms with Crippen LogP contribution < -0.4 is 5.32 Å². The van der Waals surface area contributed by atoms with Crippen molar-refractivity contribution in [1.82, 2.24) is 8.87 Å². The van der Waals surface area contributed by atoms with Gasteiger partial charge in [0.05, 0.1) is 4.90 Å². The molecule has 1 amide bonds. The van der Waals surface area contributed by atoms with Crippen LogP contribution >= 0.6 is 0 Å². The predicted molar refractivity (Wildman–Crippen MR) is 97.4 cm³/mol. The minimum absolute atomic E-state index is 0.00139. The van der Waals surface area contributed by atoms with Gasteiger partial charge in [0.15, 0.2) is 11.6 Å². The van der Waals surface area contributed by atoms with Gasteiger partial charge in [-0.15, -0.1) is 0 Å². The molecule has 0 saturated carbocycles. The summed E-state index contributed by atoms with van der Waals surface area (Å²) in [5.74, 6) is -2.92. The molecule has 0 radical (unpaired) electrons. The summed E-state index contributed by atoms with van der Waals surface area (Å²) in [6.45, 7) is -1.41. The molecule has 1 atom stereocenters. The smallest absolute Gasteiger partial charge is 0.345 e. The molecular formula is C18H16F5N3O2S. The summed E-state index contributed by atoms with van der Waals surface area (Å²) in [7, 11) is -0.659. The summed E-state index contributed by atoms with van der Waals surface area (Å²) in [6.07, 6.45) is 0.122. The van der Waals surface area contributed by atoms with Crippen molar-refractivity contribution in [3.63, 3.8) is 0 Å². The number of benzene rings is 1. The van der Waals surface area contributed by atoms with Crippen LogP contribution in [0.25, 0.3) is 6.08 Å². The maximum Gasteiger partial charge on any atom is 0.402 e. The van der Waals surface area contributed by atoms with Gasteiger partial charge in [0.25, 0.3) is 5.91 Å². The summed E-state index contributed by atoms with van der Waals surface area (Å²) < 4.78 is 79.8. The number of nitrogens with one attached hydrogen (secondary N) is 1. The zero-order chi connectivity index (χ0) is 21.3. The lowest BCUT2D eigenvalue weighted by molar-refractivity contribution is -0.135. The van der Waals surface area contributed by atoms with Crippen LogP contribution in [0.15, 0.2) is 35.4 Å². The van der Waals surface area contributed by atoms with E-state index in [1.807, 2.05) is 0 Å². The van der Waals surface area contributed by atoms with E-state index in [1.165, 1.54) is 30.0 Å². The van der Waals surface area contributed by atoms with Crippen molar-refractivity contribution in [3.8, 4) is 0 Å². The Hall–Kier alpha value is -2.53. The highest BCUT2D eigenvalue weighted by Gasteiger charge is 2.35. The standard InChI is InChI=1S/C18H16F5N3O2S/c1-25-9-15-12(4-2-3-7-26(29(15)28)10-18(21,22)23)16(25)17(27)24-11-5-6-13(19)14(20)8-11/h2,4-6,8-9H,3,7,10H2,1H3,(H,24,27)/b4-2-. The Morgan fingerprint density at radius 3 is 2.62 bits per heavy atom. The molecule has 3 rings (SSSR count). The number of hydrogen-bond acceptors (Lipinski definition) is 2. The molecule has 1 N–H and O–H groups in total. The Bertz CT molecular complexity index is 1000. The largest absolute Gasteiger partial charge is 0.402 e. The van der Waals surface area contributed by atoms with E-state index in [-0.39, 0.29) is 34.8 Å². The molecule has 1 aromatic carbocycles. The van der Waals surface area contributed by atoms with Crippen LogP contribution in [0.1, 0.15) is 22.5 Å². The molecule has 1 aliphatic heterocycles. The van der Waals surface area contributed by atoms with Crippen LogP contribution in [0.2, 0.25) is 0 Å². The molecule has 0 bridgehead atoms. The summed E-state index contributed by atoms with van der Waals surface area (Å²) in [5, 5.41) is 2.41. The number of alkyl halides is 3. The maximum atomic E-state index is 13.4. The molecule has 156 valence electrons. The molecule has 0 saturated heterocycles. The highest BCUT2D eigenvalue weighted by atomic mass is 32.2. The molecule has 29 heavy (non-hydrogen) atoms. The van der Waals surface area contributed by atoms with Crippen molar-refractivity contribution in [2.24, 2.45) is 7.05 Å². The predicted octanol–water partition coefficient (Wildman–Crippen LogP) is 3.86. The third kappa shape index (κ3) is 4.73. The summed E-state index contributed by atoms with van der Waals surface area (Å²) in [4.78, 5) is 12.8.